The highest BCUT2D eigenvalue weighted by Crippen LogP contribution is 2.23. The SMILES string of the molecule is Cn1cc(Br)c(C(=O)N2CCN3CCC[C@H]3C2)n1. The number of fused-ring (bicyclic) bond motifs is 1. The van der Waals surface area contributed by atoms with Crippen LogP contribution in [-0.2, 0) is 7.05 Å². The number of rotatable bonds is 1. The zero-order valence-electron chi connectivity index (χ0n) is 10.5. The molecule has 0 bridgehead atoms. The highest BCUT2D eigenvalue weighted by Gasteiger charge is 2.33. The first-order chi connectivity index (χ1) is 8.65. The third-order valence-electron chi connectivity index (χ3n) is 3.86. The van der Waals surface area contributed by atoms with Gasteiger partial charge in [-0.1, -0.05) is 0 Å². The first kappa shape index (κ1) is 12.2. The lowest BCUT2D eigenvalue weighted by Gasteiger charge is -2.37. The molecule has 1 atom stereocenters. The standard InChI is InChI=1S/C12H17BrN4O/c1-15-8-10(13)11(14-15)12(18)17-6-5-16-4-2-3-9(16)7-17/h8-9H,2-7H2,1H3/t9-/m0/s1. The fourth-order valence-corrected chi connectivity index (χ4v) is 3.48. The molecule has 1 amide bonds. The Morgan fingerprint density at radius 3 is 3.00 bits per heavy atom. The quantitative estimate of drug-likeness (QED) is 0.780. The summed E-state index contributed by atoms with van der Waals surface area (Å²) < 4.78 is 2.45. The van der Waals surface area contributed by atoms with Crippen LogP contribution >= 0.6 is 15.9 Å². The lowest BCUT2D eigenvalue weighted by molar-refractivity contribution is 0.0564. The van der Waals surface area contributed by atoms with Crippen LogP contribution in [0.4, 0.5) is 0 Å². The number of piperazine rings is 1. The van der Waals surface area contributed by atoms with Gasteiger partial charge in [0, 0.05) is 38.9 Å². The van der Waals surface area contributed by atoms with Crippen molar-refractivity contribution in [2.45, 2.75) is 18.9 Å². The predicted octanol–water partition coefficient (Wildman–Crippen LogP) is 1.10. The van der Waals surface area contributed by atoms with Crippen LogP contribution in [0.2, 0.25) is 0 Å². The second kappa shape index (κ2) is 4.66. The minimum atomic E-state index is 0.0500. The molecule has 2 fully saturated rings. The van der Waals surface area contributed by atoms with Gasteiger partial charge in [0.05, 0.1) is 4.47 Å². The molecule has 3 heterocycles. The van der Waals surface area contributed by atoms with Crippen LogP contribution in [0.3, 0.4) is 0 Å². The zero-order chi connectivity index (χ0) is 12.7. The summed E-state index contributed by atoms with van der Waals surface area (Å²) >= 11 is 3.40. The second-order valence-corrected chi connectivity index (χ2v) is 5.94. The molecule has 0 N–H and O–H groups in total. The summed E-state index contributed by atoms with van der Waals surface area (Å²) in [6, 6.07) is 0.560. The Labute approximate surface area is 115 Å². The van der Waals surface area contributed by atoms with E-state index in [1.807, 2.05) is 18.1 Å². The Bertz CT molecular complexity index is 473. The number of amides is 1. The molecule has 6 heteroatoms. The molecule has 98 valence electrons. The van der Waals surface area contributed by atoms with Crippen molar-refractivity contribution in [2.24, 2.45) is 7.05 Å². The lowest BCUT2D eigenvalue weighted by Crippen LogP contribution is -2.52. The maximum absolute atomic E-state index is 12.4. The van der Waals surface area contributed by atoms with Crippen molar-refractivity contribution >= 4 is 21.8 Å². The zero-order valence-corrected chi connectivity index (χ0v) is 12.1. The van der Waals surface area contributed by atoms with Gasteiger partial charge in [0.25, 0.3) is 5.91 Å². The minimum Gasteiger partial charge on any atom is -0.334 e. The summed E-state index contributed by atoms with van der Waals surface area (Å²) in [6.07, 6.45) is 4.30. The molecule has 0 saturated carbocycles. The van der Waals surface area contributed by atoms with E-state index in [9.17, 15) is 4.79 Å². The molecule has 0 spiro atoms. The number of aryl methyl sites for hydroxylation is 1. The minimum absolute atomic E-state index is 0.0500. The molecule has 0 aliphatic carbocycles. The van der Waals surface area contributed by atoms with Gasteiger partial charge < -0.3 is 4.90 Å². The van der Waals surface area contributed by atoms with Gasteiger partial charge in [0.15, 0.2) is 5.69 Å². The van der Waals surface area contributed by atoms with Gasteiger partial charge in [-0.2, -0.15) is 5.10 Å². The number of hydrogen-bond donors (Lipinski definition) is 0. The van der Waals surface area contributed by atoms with Gasteiger partial charge in [-0.25, -0.2) is 0 Å². The van der Waals surface area contributed by atoms with E-state index in [2.05, 4.69) is 25.9 Å². The summed E-state index contributed by atoms with van der Waals surface area (Å²) in [7, 11) is 1.83. The summed E-state index contributed by atoms with van der Waals surface area (Å²) in [5.74, 6) is 0.0500. The monoisotopic (exact) mass is 312 g/mol. The van der Waals surface area contributed by atoms with E-state index in [-0.39, 0.29) is 5.91 Å². The van der Waals surface area contributed by atoms with Crippen molar-refractivity contribution < 1.29 is 4.79 Å². The Morgan fingerprint density at radius 1 is 1.44 bits per heavy atom. The molecule has 3 rings (SSSR count). The average molecular weight is 313 g/mol. The van der Waals surface area contributed by atoms with Crippen molar-refractivity contribution in [1.29, 1.82) is 0 Å². The number of hydrogen-bond acceptors (Lipinski definition) is 3. The lowest BCUT2D eigenvalue weighted by atomic mass is 10.1. The van der Waals surface area contributed by atoms with Crippen molar-refractivity contribution in [2.75, 3.05) is 26.2 Å². The molecule has 1 aromatic heterocycles. The molecule has 0 aromatic carbocycles. The van der Waals surface area contributed by atoms with E-state index in [0.717, 1.165) is 24.1 Å². The van der Waals surface area contributed by atoms with Crippen molar-refractivity contribution in [3.8, 4) is 0 Å². The summed E-state index contributed by atoms with van der Waals surface area (Å²) in [5.41, 5.74) is 0.531. The first-order valence-electron chi connectivity index (χ1n) is 6.37. The van der Waals surface area contributed by atoms with Gasteiger partial charge >= 0.3 is 0 Å². The fraction of sp³-hybridized carbons (Fsp3) is 0.667. The van der Waals surface area contributed by atoms with Crippen LogP contribution in [0, 0.1) is 0 Å². The number of aromatic nitrogens is 2. The van der Waals surface area contributed by atoms with Crippen LogP contribution in [0.15, 0.2) is 10.7 Å². The van der Waals surface area contributed by atoms with Crippen LogP contribution in [0.25, 0.3) is 0 Å². The first-order valence-corrected chi connectivity index (χ1v) is 7.17. The number of carbonyl (C=O) groups is 1. The Hall–Kier alpha value is -0.880. The van der Waals surface area contributed by atoms with Gasteiger partial charge in [0.2, 0.25) is 0 Å². The van der Waals surface area contributed by atoms with E-state index in [0.29, 0.717) is 11.7 Å². The van der Waals surface area contributed by atoms with Gasteiger partial charge in [0.1, 0.15) is 0 Å². The van der Waals surface area contributed by atoms with Crippen molar-refractivity contribution in [3.63, 3.8) is 0 Å². The maximum atomic E-state index is 12.4. The summed E-state index contributed by atoms with van der Waals surface area (Å²) in [4.78, 5) is 16.9. The van der Waals surface area contributed by atoms with Gasteiger partial charge in [-0.3, -0.25) is 14.4 Å². The Morgan fingerprint density at radius 2 is 2.28 bits per heavy atom. The van der Waals surface area contributed by atoms with Crippen LogP contribution in [-0.4, -0.2) is 57.7 Å². The van der Waals surface area contributed by atoms with Gasteiger partial charge in [-0.15, -0.1) is 0 Å². The highest BCUT2D eigenvalue weighted by molar-refractivity contribution is 9.10. The second-order valence-electron chi connectivity index (χ2n) is 5.08. The molecular weight excluding hydrogens is 296 g/mol. The number of nitrogens with zero attached hydrogens (tertiary/aromatic N) is 4. The summed E-state index contributed by atoms with van der Waals surface area (Å²) in [5, 5.41) is 4.24. The van der Waals surface area contributed by atoms with Crippen LogP contribution in [0.1, 0.15) is 23.3 Å². The van der Waals surface area contributed by atoms with E-state index >= 15 is 0 Å². The number of carbonyl (C=O) groups excluding carboxylic acids is 1. The third kappa shape index (κ3) is 2.07. The topological polar surface area (TPSA) is 41.4 Å². The van der Waals surface area contributed by atoms with Crippen LogP contribution < -0.4 is 0 Å². The molecule has 0 radical (unpaired) electrons. The largest absolute Gasteiger partial charge is 0.334 e. The Balaban J connectivity index is 1.75. The van der Waals surface area contributed by atoms with E-state index in [1.165, 1.54) is 19.4 Å². The molecule has 2 aliphatic rings. The number of halogens is 1. The molecule has 5 nitrogen and oxygen atoms in total. The summed E-state index contributed by atoms with van der Waals surface area (Å²) in [6.45, 7) is 3.86. The van der Waals surface area contributed by atoms with Crippen molar-refractivity contribution in [1.82, 2.24) is 19.6 Å². The van der Waals surface area contributed by atoms with Crippen molar-refractivity contribution in [3.05, 3.63) is 16.4 Å². The third-order valence-corrected chi connectivity index (χ3v) is 4.44. The average Bonchev–Trinajstić information content (AvgIpc) is 2.93. The van der Waals surface area contributed by atoms with E-state index < -0.39 is 0 Å². The smallest absolute Gasteiger partial charge is 0.275 e. The molecule has 2 saturated heterocycles. The molecular formula is C12H17BrN4O. The molecule has 0 unspecified atom stereocenters. The maximum Gasteiger partial charge on any atom is 0.275 e. The Kier molecular flexibility index (Phi) is 3.15. The van der Waals surface area contributed by atoms with E-state index in [1.54, 1.807) is 4.68 Å². The van der Waals surface area contributed by atoms with E-state index in [4.69, 9.17) is 0 Å². The predicted molar refractivity (Wildman–Crippen MR) is 71.4 cm³/mol. The van der Waals surface area contributed by atoms with Gasteiger partial charge in [-0.05, 0) is 35.3 Å². The van der Waals surface area contributed by atoms with Crippen LogP contribution in [0.5, 0.6) is 0 Å². The molecule has 2 aliphatic heterocycles. The fourth-order valence-electron chi connectivity index (χ4n) is 2.93. The highest BCUT2D eigenvalue weighted by atomic mass is 79.9. The molecule has 1 aromatic rings. The normalized spacial score (nSPS) is 24.3. The molecule has 18 heavy (non-hydrogen) atoms.